The average molecular weight is 251 g/mol. The van der Waals surface area contributed by atoms with E-state index in [9.17, 15) is 4.39 Å². The zero-order valence-corrected chi connectivity index (χ0v) is 11.4. The van der Waals surface area contributed by atoms with Crippen LogP contribution in [0.15, 0.2) is 18.2 Å². The predicted molar refractivity (Wildman–Crippen MR) is 73.3 cm³/mol. The van der Waals surface area contributed by atoms with E-state index in [-0.39, 0.29) is 11.9 Å². The average Bonchev–Trinajstić information content (AvgIpc) is 2.32. The second kappa shape index (κ2) is 5.24. The summed E-state index contributed by atoms with van der Waals surface area (Å²) in [6.07, 6.45) is 0. The highest BCUT2D eigenvalue weighted by Crippen LogP contribution is 2.29. The van der Waals surface area contributed by atoms with Crippen molar-refractivity contribution in [1.82, 2.24) is 4.90 Å². The second-order valence-electron chi connectivity index (χ2n) is 5.24. The molecule has 4 heteroatoms. The maximum Gasteiger partial charge on any atom is 0.130 e. The quantitative estimate of drug-likeness (QED) is 0.872. The number of hydrogen-bond acceptors (Lipinski definition) is 3. The first kappa shape index (κ1) is 13.3. The summed E-state index contributed by atoms with van der Waals surface area (Å²) >= 11 is 0. The van der Waals surface area contributed by atoms with Crippen molar-refractivity contribution in [3.05, 3.63) is 29.6 Å². The van der Waals surface area contributed by atoms with Gasteiger partial charge in [0.15, 0.2) is 0 Å². The van der Waals surface area contributed by atoms with Crippen molar-refractivity contribution < 1.29 is 4.39 Å². The van der Waals surface area contributed by atoms with Crippen LogP contribution in [0, 0.1) is 5.82 Å². The number of benzene rings is 1. The van der Waals surface area contributed by atoms with Crippen LogP contribution in [0.3, 0.4) is 0 Å². The van der Waals surface area contributed by atoms with Gasteiger partial charge in [0.25, 0.3) is 0 Å². The maximum absolute atomic E-state index is 13.9. The number of halogens is 1. The standard InChI is InChI=1S/C14H22FN3/c1-10-9-18(8-7-17(10)3)13-6-4-5-12(15)14(13)11(2)16/h4-6,10-11H,7-9,16H2,1-3H3/t10?,11-/m1/s1. The fourth-order valence-electron chi connectivity index (χ4n) is 2.52. The molecule has 0 amide bonds. The van der Waals surface area contributed by atoms with Gasteiger partial charge in [0.1, 0.15) is 5.82 Å². The molecule has 1 unspecified atom stereocenters. The lowest BCUT2D eigenvalue weighted by atomic mass is 10.0. The normalized spacial score (nSPS) is 23.2. The Balaban J connectivity index is 2.31. The van der Waals surface area contributed by atoms with Crippen molar-refractivity contribution in [1.29, 1.82) is 0 Å². The molecular weight excluding hydrogens is 229 g/mol. The molecule has 1 aliphatic heterocycles. The number of rotatable bonds is 2. The molecule has 2 N–H and O–H groups in total. The van der Waals surface area contributed by atoms with Crippen molar-refractivity contribution in [2.45, 2.75) is 25.9 Å². The Kier molecular flexibility index (Phi) is 3.88. The molecule has 18 heavy (non-hydrogen) atoms. The van der Waals surface area contributed by atoms with Gasteiger partial charge in [0.05, 0.1) is 0 Å². The van der Waals surface area contributed by atoms with Crippen LogP contribution >= 0.6 is 0 Å². The summed E-state index contributed by atoms with van der Waals surface area (Å²) in [5.74, 6) is -0.200. The first-order chi connectivity index (χ1) is 8.50. The molecule has 0 bridgehead atoms. The molecular formula is C14H22FN3. The molecule has 0 radical (unpaired) electrons. The Labute approximate surface area is 108 Å². The van der Waals surface area contributed by atoms with Gasteiger partial charge in [0, 0.05) is 43.0 Å². The van der Waals surface area contributed by atoms with Crippen molar-refractivity contribution in [3.8, 4) is 0 Å². The van der Waals surface area contributed by atoms with Crippen LogP contribution in [-0.2, 0) is 0 Å². The minimum atomic E-state index is -0.281. The molecule has 3 nitrogen and oxygen atoms in total. The second-order valence-corrected chi connectivity index (χ2v) is 5.24. The largest absolute Gasteiger partial charge is 0.368 e. The van der Waals surface area contributed by atoms with Crippen molar-refractivity contribution in [3.63, 3.8) is 0 Å². The molecule has 0 saturated carbocycles. The third-order valence-electron chi connectivity index (χ3n) is 3.79. The van der Waals surface area contributed by atoms with E-state index in [1.165, 1.54) is 6.07 Å². The van der Waals surface area contributed by atoms with E-state index in [0.717, 1.165) is 25.3 Å². The number of likely N-dealkylation sites (N-methyl/N-ethyl adjacent to an activating group) is 1. The van der Waals surface area contributed by atoms with E-state index in [0.29, 0.717) is 11.6 Å². The summed E-state index contributed by atoms with van der Waals surface area (Å²) in [6, 6.07) is 5.42. The van der Waals surface area contributed by atoms with Crippen molar-refractivity contribution in [2.75, 3.05) is 31.6 Å². The summed E-state index contributed by atoms with van der Waals surface area (Å²) in [7, 11) is 2.13. The molecule has 0 spiro atoms. The number of anilines is 1. The number of nitrogens with two attached hydrogens (primary N) is 1. The summed E-state index contributed by atoms with van der Waals surface area (Å²) < 4.78 is 13.9. The first-order valence-corrected chi connectivity index (χ1v) is 6.50. The Morgan fingerprint density at radius 2 is 2.11 bits per heavy atom. The van der Waals surface area contributed by atoms with E-state index in [1.807, 2.05) is 13.0 Å². The summed E-state index contributed by atoms with van der Waals surface area (Å²) in [5, 5.41) is 0. The van der Waals surface area contributed by atoms with Gasteiger partial charge >= 0.3 is 0 Å². The zero-order chi connectivity index (χ0) is 13.3. The van der Waals surface area contributed by atoms with E-state index in [2.05, 4.69) is 23.8 Å². The monoisotopic (exact) mass is 251 g/mol. The predicted octanol–water partition coefficient (Wildman–Crippen LogP) is 1.99. The van der Waals surface area contributed by atoms with Crippen LogP contribution in [0.25, 0.3) is 0 Å². The summed E-state index contributed by atoms with van der Waals surface area (Å²) in [4.78, 5) is 4.56. The van der Waals surface area contributed by atoms with Gasteiger partial charge in [-0.2, -0.15) is 0 Å². The lowest BCUT2D eigenvalue weighted by Gasteiger charge is -2.40. The van der Waals surface area contributed by atoms with Crippen LogP contribution in [0.4, 0.5) is 10.1 Å². The van der Waals surface area contributed by atoms with Gasteiger partial charge in [0.2, 0.25) is 0 Å². The fraction of sp³-hybridized carbons (Fsp3) is 0.571. The van der Waals surface area contributed by atoms with Crippen LogP contribution < -0.4 is 10.6 Å². The van der Waals surface area contributed by atoms with E-state index in [1.54, 1.807) is 6.07 Å². The first-order valence-electron chi connectivity index (χ1n) is 6.50. The minimum absolute atomic E-state index is 0.200. The van der Waals surface area contributed by atoms with Gasteiger partial charge in [-0.1, -0.05) is 6.07 Å². The minimum Gasteiger partial charge on any atom is -0.368 e. The van der Waals surface area contributed by atoms with Crippen LogP contribution in [-0.4, -0.2) is 37.6 Å². The molecule has 0 aromatic heterocycles. The Morgan fingerprint density at radius 3 is 2.72 bits per heavy atom. The molecule has 100 valence electrons. The van der Waals surface area contributed by atoms with Crippen LogP contribution in [0.2, 0.25) is 0 Å². The lowest BCUT2D eigenvalue weighted by Crippen LogP contribution is -2.50. The molecule has 2 rings (SSSR count). The Hall–Kier alpha value is -1.13. The third kappa shape index (κ3) is 2.49. The molecule has 1 saturated heterocycles. The number of hydrogen-bond donors (Lipinski definition) is 1. The number of piperazine rings is 1. The fourth-order valence-corrected chi connectivity index (χ4v) is 2.52. The molecule has 2 atom stereocenters. The van der Waals surface area contributed by atoms with Crippen LogP contribution in [0.1, 0.15) is 25.5 Å². The van der Waals surface area contributed by atoms with Gasteiger partial charge in [-0.15, -0.1) is 0 Å². The summed E-state index contributed by atoms with van der Waals surface area (Å²) in [6.45, 7) is 6.86. The highest BCUT2D eigenvalue weighted by atomic mass is 19.1. The van der Waals surface area contributed by atoms with Crippen LogP contribution in [0.5, 0.6) is 0 Å². The van der Waals surface area contributed by atoms with Crippen molar-refractivity contribution in [2.24, 2.45) is 5.73 Å². The van der Waals surface area contributed by atoms with E-state index >= 15 is 0 Å². The van der Waals surface area contributed by atoms with E-state index in [4.69, 9.17) is 5.73 Å². The molecule has 1 heterocycles. The Bertz CT molecular complexity index is 420. The smallest absolute Gasteiger partial charge is 0.130 e. The Morgan fingerprint density at radius 1 is 1.39 bits per heavy atom. The molecule has 1 fully saturated rings. The molecule has 1 aliphatic rings. The third-order valence-corrected chi connectivity index (χ3v) is 3.79. The highest BCUT2D eigenvalue weighted by molar-refractivity contribution is 5.56. The molecule has 1 aromatic rings. The van der Waals surface area contributed by atoms with Crippen molar-refractivity contribution >= 4 is 5.69 Å². The van der Waals surface area contributed by atoms with Gasteiger partial charge in [-0.05, 0) is 33.0 Å². The zero-order valence-electron chi connectivity index (χ0n) is 11.4. The van der Waals surface area contributed by atoms with Gasteiger partial charge < -0.3 is 15.5 Å². The highest BCUT2D eigenvalue weighted by Gasteiger charge is 2.24. The molecule has 1 aromatic carbocycles. The topological polar surface area (TPSA) is 32.5 Å². The SMILES string of the molecule is CC1CN(c2cccc(F)c2[C@@H](C)N)CCN1C. The number of nitrogens with zero attached hydrogens (tertiary/aromatic N) is 2. The lowest BCUT2D eigenvalue weighted by molar-refractivity contribution is 0.234. The maximum atomic E-state index is 13.9. The van der Waals surface area contributed by atoms with Gasteiger partial charge in [-0.3, -0.25) is 0 Å². The summed E-state index contributed by atoms with van der Waals surface area (Å²) in [5.41, 5.74) is 7.49. The van der Waals surface area contributed by atoms with E-state index < -0.39 is 0 Å². The van der Waals surface area contributed by atoms with Gasteiger partial charge in [-0.25, -0.2) is 4.39 Å². The molecule has 0 aliphatic carbocycles.